The Kier molecular flexibility index (Phi) is 2.04. The van der Waals surface area contributed by atoms with Gasteiger partial charge < -0.3 is 10.3 Å². The van der Waals surface area contributed by atoms with Crippen LogP contribution in [0.2, 0.25) is 0 Å². The van der Waals surface area contributed by atoms with Crippen LogP contribution in [0.3, 0.4) is 0 Å². The first-order valence-corrected chi connectivity index (χ1v) is 4.52. The number of imidazole rings is 1. The van der Waals surface area contributed by atoms with E-state index in [1.807, 2.05) is 0 Å². The van der Waals surface area contributed by atoms with Crippen LogP contribution in [-0.4, -0.2) is 15.9 Å². The van der Waals surface area contributed by atoms with Crippen LogP contribution in [-0.2, 0) is 11.3 Å². The number of hydrogen-bond donors (Lipinski definition) is 2. The molecule has 0 aliphatic heterocycles. The van der Waals surface area contributed by atoms with E-state index in [-0.39, 0.29) is 11.8 Å². The highest BCUT2D eigenvalue weighted by atomic mass is 16.2. The van der Waals surface area contributed by atoms with Crippen molar-refractivity contribution in [2.75, 3.05) is 0 Å². The third kappa shape index (κ3) is 1.88. The predicted molar refractivity (Wildman–Crippen MR) is 47.7 cm³/mol. The molecule has 4 heteroatoms. The molecule has 13 heavy (non-hydrogen) atoms. The van der Waals surface area contributed by atoms with E-state index in [4.69, 9.17) is 0 Å². The van der Waals surface area contributed by atoms with Gasteiger partial charge in [0.25, 0.3) is 0 Å². The van der Waals surface area contributed by atoms with Crippen molar-refractivity contribution in [1.29, 1.82) is 0 Å². The van der Waals surface area contributed by atoms with E-state index in [1.165, 1.54) is 0 Å². The highest BCUT2D eigenvalue weighted by Crippen LogP contribution is 2.37. The third-order valence-electron chi connectivity index (χ3n) is 2.45. The molecule has 2 unspecified atom stereocenters. The van der Waals surface area contributed by atoms with Crippen molar-refractivity contribution in [2.45, 2.75) is 19.9 Å². The van der Waals surface area contributed by atoms with Gasteiger partial charge in [0.2, 0.25) is 5.91 Å². The minimum atomic E-state index is 0.169. The number of carbonyl (C=O) groups is 1. The lowest BCUT2D eigenvalue weighted by Gasteiger charge is -2.01. The van der Waals surface area contributed by atoms with Gasteiger partial charge in [-0.2, -0.15) is 0 Å². The number of carbonyl (C=O) groups excluding carboxylic acids is 1. The first-order chi connectivity index (χ1) is 6.27. The van der Waals surface area contributed by atoms with E-state index in [0.717, 1.165) is 12.1 Å². The number of H-pyrrole nitrogens is 1. The zero-order chi connectivity index (χ0) is 9.26. The molecule has 1 aromatic heterocycles. The van der Waals surface area contributed by atoms with Crippen LogP contribution in [0.25, 0.3) is 0 Å². The average molecular weight is 179 g/mol. The molecule has 0 aromatic carbocycles. The Hall–Kier alpha value is -1.32. The Morgan fingerprint density at radius 1 is 1.85 bits per heavy atom. The van der Waals surface area contributed by atoms with Crippen LogP contribution in [0.4, 0.5) is 0 Å². The van der Waals surface area contributed by atoms with Crippen molar-refractivity contribution in [3.8, 4) is 0 Å². The molecule has 1 aromatic rings. The Morgan fingerprint density at radius 3 is 3.15 bits per heavy atom. The maximum atomic E-state index is 11.4. The van der Waals surface area contributed by atoms with E-state index in [1.54, 1.807) is 12.5 Å². The van der Waals surface area contributed by atoms with Crippen molar-refractivity contribution in [3.05, 3.63) is 18.2 Å². The first kappa shape index (κ1) is 8.29. The molecule has 0 saturated heterocycles. The summed E-state index contributed by atoms with van der Waals surface area (Å²) in [7, 11) is 0. The van der Waals surface area contributed by atoms with Gasteiger partial charge in [0.1, 0.15) is 0 Å². The molecule has 4 nitrogen and oxygen atoms in total. The quantitative estimate of drug-likeness (QED) is 0.717. The summed E-state index contributed by atoms with van der Waals surface area (Å²) in [6.07, 6.45) is 4.37. The third-order valence-corrected chi connectivity index (χ3v) is 2.45. The standard InChI is InChI=1S/C9H13N3O/c1-6-2-8(6)9(13)11-4-7-3-10-5-12-7/h3,5-6,8H,2,4H2,1H3,(H,10,12)(H,11,13). The monoisotopic (exact) mass is 179 g/mol. The Labute approximate surface area is 76.8 Å². The molecule has 2 rings (SSSR count). The predicted octanol–water partition coefficient (Wildman–Crippen LogP) is 0.682. The molecule has 1 heterocycles. The van der Waals surface area contributed by atoms with Gasteiger partial charge in [-0.25, -0.2) is 4.98 Å². The zero-order valence-corrected chi connectivity index (χ0v) is 7.58. The van der Waals surface area contributed by atoms with Gasteiger partial charge in [0.05, 0.1) is 18.6 Å². The maximum absolute atomic E-state index is 11.4. The average Bonchev–Trinajstić information content (AvgIpc) is 2.68. The molecular formula is C9H13N3O. The Bertz CT molecular complexity index is 294. The van der Waals surface area contributed by atoms with Crippen LogP contribution < -0.4 is 5.32 Å². The molecule has 1 saturated carbocycles. The summed E-state index contributed by atoms with van der Waals surface area (Å²) in [5.41, 5.74) is 0.946. The number of aromatic amines is 1. The number of rotatable bonds is 3. The summed E-state index contributed by atoms with van der Waals surface area (Å²) < 4.78 is 0. The van der Waals surface area contributed by atoms with Crippen LogP contribution in [0, 0.1) is 11.8 Å². The minimum Gasteiger partial charge on any atom is -0.350 e. The number of nitrogens with zero attached hydrogens (tertiary/aromatic N) is 1. The molecule has 70 valence electrons. The normalized spacial score (nSPS) is 25.6. The smallest absolute Gasteiger partial charge is 0.223 e. The van der Waals surface area contributed by atoms with Crippen LogP contribution in [0.1, 0.15) is 19.0 Å². The molecule has 0 spiro atoms. The van der Waals surface area contributed by atoms with Gasteiger partial charge in [0, 0.05) is 12.1 Å². The summed E-state index contributed by atoms with van der Waals surface area (Å²) >= 11 is 0. The van der Waals surface area contributed by atoms with Gasteiger partial charge in [-0.1, -0.05) is 6.92 Å². The number of hydrogen-bond acceptors (Lipinski definition) is 2. The van der Waals surface area contributed by atoms with Crippen LogP contribution >= 0.6 is 0 Å². The number of amides is 1. The van der Waals surface area contributed by atoms with Crippen molar-refractivity contribution in [2.24, 2.45) is 11.8 Å². The largest absolute Gasteiger partial charge is 0.350 e. The lowest BCUT2D eigenvalue weighted by atomic mass is 10.3. The minimum absolute atomic E-state index is 0.169. The van der Waals surface area contributed by atoms with E-state index in [2.05, 4.69) is 22.2 Å². The van der Waals surface area contributed by atoms with Crippen LogP contribution in [0.15, 0.2) is 12.5 Å². The highest BCUT2D eigenvalue weighted by Gasteiger charge is 2.38. The SMILES string of the molecule is CC1CC1C(=O)NCc1cnc[nH]1. The lowest BCUT2D eigenvalue weighted by molar-refractivity contribution is -0.122. The van der Waals surface area contributed by atoms with Crippen LogP contribution in [0.5, 0.6) is 0 Å². The van der Waals surface area contributed by atoms with Crippen molar-refractivity contribution < 1.29 is 4.79 Å². The van der Waals surface area contributed by atoms with E-state index in [9.17, 15) is 4.79 Å². The van der Waals surface area contributed by atoms with Gasteiger partial charge >= 0.3 is 0 Å². The zero-order valence-electron chi connectivity index (χ0n) is 7.58. The number of aromatic nitrogens is 2. The Balaban J connectivity index is 1.77. The molecule has 2 N–H and O–H groups in total. The molecule has 0 bridgehead atoms. The second-order valence-electron chi connectivity index (χ2n) is 3.61. The Morgan fingerprint density at radius 2 is 2.62 bits per heavy atom. The fraction of sp³-hybridized carbons (Fsp3) is 0.556. The van der Waals surface area contributed by atoms with Gasteiger partial charge in [-0.15, -0.1) is 0 Å². The summed E-state index contributed by atoms with van der Waals surface area (Å²) in [4.78, 5) is 18.2. The summed E-state index contributed by atoms with van der Waals surface area (Å²) in [5, 5.41) is 2.87. The van der Waals surface area contributed by atoms with Crippen molar-refractivity contribution >= 4 is 5.91 Å². The molecular weight excluding hydrogens is 166 g/mol. The molecule has 2 atom stereocenters. The second kappa shape index (κ2) is 3.20. The van der Waals surface area contributed by atoms with Gasteiger partial charge in [-0.05, 0) is 12.3 Å². The molecule has 1 amide bonds. The first-order valence-electron chi connectivity index (χ1n) is 4.52. The van der Waals surface area contributed by atoms with E-state index >= 15 is 0 Å². The van der Waals surface area contributed by atoms with Gasteiger partial charge in [0.15, 0.2) is 0 Å². The summed E-state index contributed by atoms with van der Waals surface area (Å²) in [6.45, 7) is 2.66. The van der Waals surface area contributed by atoms with Crippen molar-refractivity contribution in [3.63, 3.8) is 0 Å². The molecule has 1 aliphatic rings. The topological polar surface area (TPSA) is 57.8 Å². The lowest BCUT2D eigenvalue weighted by Crippen LogP contribution is -2.24. The molecule has 1 fully saturated rings. The summed E-state index contributed by atoms with van der Waals surface area (Å²) in [5.74, 6) is 0.992. The summed E-state index contributed by atoms with van der Waals surface area (Å²) in [6, 6.07) is 0. The number of nitrogens with one attached hydrogen (secondary N) is 2. The van der Waals surface area contributed by atoms with E-state index in [0.29, 0.717) is 12.5 Å². The maximum Gasteiger partial charge on any atom is 0.223 e. The van der Waals surface area contributed by atoms with Crippen molar-refractivity contribution in [1.82, 2.24) is 15.3 Å². The molecule has 0 radical (unpaired) electrons. The van der Waals surface area contributed by atoms with Gasteiger partial charge in [-0.3, -0.25) is 4.79 Å². The second-order valence-corrected chi connectivity index (χ2v) is 3.61. The fourth-order valence-corrected chi connectivity index (χ4v) is 1.38. The fourth-order valence-electron chi connectivity index (χ4n) is 1.38. The van der Waals surface area contributed by atoms with E-state index < -0.39 is 0 Å². The highest BCUT2D eigenvalue weighted by molar-refractivity contribution is 5.81. The molecule has 1 aliphatic carbocycles.